The van der Waals surface area contributed by atoms with E-state index in [9.17, 15) is 4.79 Å². The molecule has 1 saturated carbocycles. The average molecular weight is 381 g/mol. The maximum absolute atomic E-state index is 12.8. The molecule has 27 heavy (non-hydrogen) atoms. The zero-order valence-corrected chi connectivity index (χ0v) is 17.0. The van der Waals surface area contributed by atoms with Crippen molar-refractivity contribution in [1.82, 2.24) is 19.3 Å². The van der Waals surface area contributed by atoms with Crippen LogP contribution in [-0.4, -0.2) is 30.9 Å². The minimum Gasteiger partial charge on any atom is -0.345 e. The molecule has 1 fully saturated rings. The van der Waals surface area contributed by atoms with Crippen LogP contribution in [0.4, 0.5) is 0 Å². The molecular formula is C21H24N4OS. The van der Waals surface area contributed by atoms with Crippen molar-refractivity contribution in [2.75, 3.05) is 5.75 Å². The van der Waals surface area contributed by atoms with Crippen LogP contribution >= 0.6 is 11.8 Å². The highest BCUT2D eigenvalue weighted by Gasteiger charge is 2.28. The minimum absolute atomic E-state index is 0.153. The Kier molecular flexibility index (Phi) is 4.68. The molecule has 0 amide bonds. The van der Waals surface area contributed by atoms with Crippen LogP contribution in [0.15, 0.2) is 35.5 Å². The Morgan fingerprint density at radius 3 is 2.67 bits per heavy atom. The summed E-state index contributed by atoms with van der Waals surface area (Å²) in [5.74, 6) is 1.34. The number of aromatic nitrogens is 4. The van der Waals surface area contributed by atoms with Gasteiger partial charge in [-0.1, -0.05) is 35.5 Å². The van der Waals surface area contributed by atoms with E-state index in [1.807, 2.05) is 29.8 Å². The van der Waals surface area contributed by atoms with Crippen molar-refractivity contribution in [1.29, 1.82) is 0 Å². The molecule has 1 aliphatic carbocycles. The standard InChI is InChI=1S/C21H24N4OS/c1-13-6-5-7-16(10-13)20-22-23-21(24(20)4)27-12-19(26)18-11-14(2)25(15(18)3)17-8-9-17/h5-7,10-11,17H,8-9,12H2,1-4H3. The van der Waals surface area contributed by atoms with Crippen molar-refractivity contribution in [3.05, 3.63) is 52.8 Å². The lowest BCUT2D eigenvalue weighted by Gasteiger charge is -2.07. The Balaban J connectivity index is 1.49. The molecule has 0 aliphatic heterocycles. The number of carbonyl (C=O) groups excluding carboxylic acids is 1. The first kappa shape index (κ1) is 18.0. The summed E-state index contributed by atoms with van der Waals surface area (Å²) >= 11 is 1.45. The molecule has 2 aromatic heterocycles. The van der Waals surface area contributed by atoms with E-state index in [2.05, 4.69) is 47.7 Å². The predicted octanol–water partition coefficient (Wildman–Crippen LogP) is 4.52. The number of hydrogen-bond acceptors (Lipinski definition) is 4. The second kappa shape index (κ2) is 7.00. The Morgan fingerprint density at radius 2 is 1.96 bits per heavy atom. The molecule has 0 radical (unpaired) electrons. The predicted molar refractivity (Wildman–Crippen MR) is 108 cm³/mol. The number of Topliss-reactive ketones (excluding diaryl/α,β-unsaturated/α-hetero) is 1. The second-order valence-corrected chi connectivity index (χ2v) is 8.28. The summed E-state index contributed by atoms with van der Waals surface area (Å²) < 4.78 is 4.27. The van der Waals surface area contributed by atoms with Crippen LogP contribution in [0.25, 0.3) is 11.4 Å². The number of hydrogen-bond donors (Lipinski definition) is 0. The van der Waals surface area contributed by atoms with Crippen LogP contribution in [0.1, 0.15) is 46.2 Å². The number of nitrogens with zero attached hydrogens (tertiary/aromatic N) is 4. The van der Waals surface area contributed by atoms with Crippen molar-refractivity contribution < 1.29 is 4.79 Å². The lowest BCUT2D eigenvalue weighted by molar-refractivity contribution is 0.102. The zero-order chi connectivity index (χ0) is 19.1. The molecular weight excluding hydrogens is 356 g/mol. The van der Waals surface area contributed by atoms with Crippen LogP contribution in [0, 0.1) is 20.8 Å². The van der Waals surface area contributed by atoms with Crippen molar-refractivity contribution in [3.8, 4) is 11.4 Å². The van der Waals surface area contributed by atoms with E-state index in [0.29, 0.717) is 11.8 Å². The smallest absolute Gasteiger partial charge is 0.191 e. The van der Waals surface area contributed by atoms with Gasteiger partial charge in [-0.25, -0.2) is 0 Å². The molecule has 2 heterocycles. The second-order valence-electron chi connectivity index (χ2n) is 7.33. The van der Waals surface area contributed by atoms with E-state index < -0.39 is 0 Å². The van der Waals surface area contributed by atoms with Gasteiger partial charge in [0.15, 0.2) is 16.8 Å². The molecule has 0 N–H and O–H groups in total. The van der Waals surface area contributed by atoms with Crippen molar-refractivity contribution in [3.63, 3.8) is 0 Å². The Labute approximate surface area is 163 Å². The molecule has 0 atom stereocenters. The molecule has 6 heteroatoms. The maximum Gasteiger partial charge on any atom is 0.191 e. The lowest BCUT2D eigenvalue weighted by Crippen LogP contribution is -2.06. The SMILES string of the molecule is Cc1cccc(-c2nnc(SCC(=O)c3cc(C)n(C4CC4)c3C)n2C)c1. The Bertz CT molecular complexity index is 1010. The topological polar surface area (TPSA) is 52.7 Å². The normalized spacial score (nSPS) is 13.9. The molecule has 0 unspecified atom stereocenters. The number of carbonyl (C=O) groups is 1. The maximum atomic E-state index is 12.8. The highest BCUT2D eigenvalue weighted by atomic mass is 32.2. The monoisotopic (exact) mass is 380 g/mol. The van der Waals surface area contributed by atoms with Gasteiger partial charge >= 0.3 is 0 Å². The summed E-state index contributed by atoms with van der Waals surface area (Å²) in [4.78, 5) is 12.8. The highest BCUT2D eigenvalue weighted by Crippen LogP contribution is 2.38. The van der Waals surface area contributed by atoms with E-state index in [1.54, 1.807) is 0 Å². The molecule has 0 spiro atoms. The molecule has 4 rings (SSSR count). The summed E-state index contributed by atoms with van der Waals surface area (Å²) in [6.45, 7) is 6.21. The molecule has 5 nitrogen and oxygen atoms in total. The van der Waals surface area contributed by atoms with Crippen molar-refractivity contribution in [2.24, 2.45) is 7.05 Å². The largest absolute Gasteiger partial charge is 0.345 e. The zero-order valence-electron chi connectivity index (χ0n) is 16.2. The third-order valence-electron chi connectivity index (χ3n) is 5.14. The van der Waals surface area contributed by atoms with E-state index in [0.717, 1.165) is 27.8 Å². The first-order valence-electron chi connectivity index (χ1n) is 9.26. The van der Waals surface area contributed by atoms with Crippen LogP contribution < -0.4 is 0 Å². The fourth-order valence-corrected chi connectivity index (χ4v) is 4.43. The number of ketones is 1. The van der Waals surface area contributed by atoms with Crippen LogP contribution in [-0.2, 0) is 7.05 Å². The summed E-state index contributed by atoms with van der Waals surface area (Å²) in [6.07, 6.45) is 2.44. The average Bonchev–Trinajstić information content (AvgIpc) is 3.33. The van der Waals surface area contributed by atoms with Gasteiger partial charge in [0.1, 0.15) is 0 Å². The van der Waals surface area contributed by atoms with Gasteiger partial charge in [-0.2, -0.15) is 0 Å². The van der Waals surface area contributed by atoms with E-state index >= 15 is 0 Å². The van der Waals surface area contributed by atoms with E-state index in [1.165, 1.54) is 35.9 Å². The van der Waals surface area contributed by atoms with Gasteiger partial charge in [0, 0.05) is 35.6 Å². The number of rotatable bonds is 6. The quantitative estimate of drug-likeness (QED) is 0.466. The van der Waals surface area contributed by atoms with Gasteiger partial charge < -0.3 is 9.13 Å². The summed E-state index contributed by atoms with van der Waals surface area (Å²) in [5.41, 5.74) is 5.35. The van der Waals surface area contributed by atoms with Gasteiger partial charge in [-0.3, -0.25) is 4.79 Å². The lowest BCUT2D eigenvalue weighted by atomic mass is 10.1. The molecule has 1 aromatic carbocycles. The molecule has 3 aromatic rings. The number of aryl methyl sites for hydroxylation is 2. The van der Waals surface area contributed by atoms with Crippen molar-refractivity contribution >= 4 is 17.5 Å². The molecule has 0 bridgehead atoms. The van der Waals surface area contributed by atoms with Crippen molar-refractivity contribution in [2.45, 2.75) is 44.8 Å². The number of thioether (sulfide) groups is 1. The van der Waals surface area contributed by atoms with Gasteiger partial charge in [0.05, 0.1) is 5.75 Å². The summed E-state index contributed by atoms with van der Waals surface area (Å²) in [5, 5.41) is 9.37. The van der Waals surface area contributed by atoms with Gasteiger partial charge in [-0.05, 0) is 45.7 Å². The summed E-state index contributed by atoms with van der Waals surface area (Å²) in [7, 11) is 1.95. The highest BCUT2D eigenvalue weighted by molar-refractivity contribution is 7.99. The van der Waals surface area contributed by atoms with Gasteiger partial charge in [0.2, 0.25) is 0 Å². The third-order valence-corrected chi connectivity index (χ3v) is 6.16. The van der Waals surface area contributed by atoms with Crippen LogP contribution in [0.5, 0.6) is 0 Å². The van der Waals surface area contributed by atoms with Crippen LogP contribution in [0.3, 0.4) is 0 Å². The van der Waals surface area contributed by atoms with E-state index in [4.69, 9.17) is 0 Å². The summed E-state index contributed by atoms with van der Waals surface area (Å²) in [6, 6.07) is 10.8. The van der Waals surface area contributed by atoms with E-state index in [-0.39, 0.29) is 5.78 Å². The molecule has 1 aliphatic rings. The fourth-order valence-electron chi connectivity index (χ4n) is 3.64. The first-order valence-corrected chi connectivity index (χ1v) is 10.2. The minimum atomic E-state index is 0.153. The first-order chi connectivity index (χ1) is 13.0. The molecule has 0 saturated heterocycles. The Hall–Kier alpha value is -2.34. The third kappa shape index (κ3) is 3.46. The fraction of sp³-hybridized carbons (Fsp3) is 0.381. The Morgan fingerprint density at radius 1 is 1.19 bits per heavy atom. The molecule has 140 valence electrons. The number of benzene rings is 1. The van der Waals surface area contributed by atoms with Gasteiger partial charge in [0.25, 0.3) is 0 Å². The van der Waals surface area contributed by atoms with Crippen LogP contribution in [0.2, 0.25) is 0 Å². The van der Waals surface area contributed by atoms with Gasteiger partial charge in [-0.15, -0.1) is 10.2 Å².